The Kier molecular flexibility index (Phi) is 4.44. The van der Waals surface area contributed by atoms with Crippen LogP contribution >= 0.6 is 0 Å². The first-order chi connectivity index (χ1) is 9.53. The fourth-order valence-corrected chi connectivity index (χ4v) is 3.65. The zero-order chi connectivity index (χ0) is 14.6. The van der Waals surface area contributed by atoms with Gasteiger partial charge in [-0.3, -0.25) is 9.10 Å². The van der Waals surface area contributed by atoms with Crippen molar-refractivity contribution in [2.45, 2.75) is 13.3 Å². The molecule has 5 nitrogen and oxygen atoms in total. The van der Waals surface area contributed by atoms with Crippen LogP contribution in [-0.4, -0.2) is 33.2 Å². The third-order valence-corrected chi connectivity index (χ3v) is 4.93. The molecule has 0 bridgehead atoms. The van der Waals surface area contributed by atoms with Gasteiger partial charge in [-0.15, -0.1) is 0 Å². The summed E-state index contributed by atoms with van der Waals surface area (Å²) in [7, 11) is -3.13. The van der Waals surface area contributed by atoms with E-state index in [4.69, 9.17) is 0 Å². The Balaban J connectivity index is 2.09. The van der Waals surface area contributed by atoms with Gasteiger partial charge in [0.2, 0.25) is 15.9 Å². The topological polar surface area (TPSA) is 66.5 Å². The molecule has 20 heavy (non-hydrogen) atoms. The van der Waals surface area contributed by atoms with Crippen molar-refractivity contribution in [3.05, 3.63) is 35.9 Å². The predicted octanol–water partition coefficient (Wildman–Crippen LogP) is 1.38. The van der Waals surface area contributed by atoms with Gasteiger partial charge in [-0.05, 0) is 37.1 Å². The summed E-state index contributed by atoms with van der Waals surface area (Å²) in [6.45, 7) is 2.99. The molecular formula is C14H18N2O3S. The Morgan fingerprint density at radius 1 is 1.35 bits per heavy atom. The van der Waals surface area contributed by atoms with E-state index in [0.717, 1.165) is 5.56 Å². The molecule has 1 aliphatic heterocycles. The Hall–Kier alpha value is -1.82. The molecule has 2 rings (SSSR count). The average molecular weight is 294 g/mol. The Bertz CT molecular complexity index is 606. The third kappa shape index (κ3) is 3.39. The molecule has 108 valence electrons. The largest absolute Gasteiger partial charge is 0.353 e. The molecule has 1 aliphatic rings. The average Bonchev–Trinajstić information content (AvgIpc) is 2.77. The van der Waals surface area contributed by atoms with Crippen LogP contribution in [0.5, 0.6) is 0 Å². The third-order valence-electron chi connectivity index (χ3n) is 3.06. The summed E-state index contributed by atoms with van der Waals surface area (Å²) in [5.74, 6) is 0.0740. The number of sulfonamides is 1. The molecule has 0 aliphatic carbocycles. The van der Waals surface area contributed by atoms with E-state index >= 15 is 0 Å². The minimum absolute atomic E-state index is 0.140. The van der Waals surface area contributed by atoms with E-state index in [2.05, 4.69) is 5.32 Å². The summed E-state index contributed by atoms with van der Waals surface area (Å²) < 4.78 is 25.0. The SMILES string of the molecule is CCNC(=O)/C=C/c1ccc(N2CCCS2(=O)=O)cc1. The van der Waals surface area contributed by atoms with Gasteiger partial charge in [-0.1, -0.05) is 12.1 Å². The second-order valence-electron chi connectivity index (χ2n) is 4.56. The maximum atomic E-state index is 11.8. The number of hydrogen-bond acceptors (Lipinski definition) is 3. The van der Waals surface area contributed by atoms with Crippen LogP contribution in [0.2, 0.25) is 0 Å². The normalized spacial score (nSPS) is 17.6. The fourth-order valence-electron chi connectivity index (χ4n) is 2.09. The van der Waals surface area contributed by atoms with Crippen molar-refractivity contribution in [1.82, 2.24) is 5.32 Å². The Labute approximate surface area is 119 Å². The van der Waals surface area contributed by atoms with Gasteiger partial charge in [0.25, 0.3) is 0 Å². The second-order valence-corrected chi connectivity index (χ2v) is 6.57. The van der Waals surface area contributed by atoms with Gasteiger partial charge in [0.1, 0.15) is 0 Å². The van der Waals surface area contributed by atoms with Crippen molar-refractivity contribution in [2.24, 2.45) is 0 Å². The molecule has 1 amide bonds. The molecule has 0 saturated carbocycles. The van der Waals surface area contributed by atoms with Crippen molar-refractivity contribution in [2.75, 3.05) is 23.1 Å². The van der Waals surface area contributed by atoms with E-state index in [1.165, 1.54) is 10.4 Å². The standard InChI is InChI=1S/C14H18N2O3S/c1-2-15-14(17)9-6-12-4-7-13(8-5-12)16-10-3-11-20(16,18)19/h4-9H,2-3,10-11H2,1H3,(H,15,17)/b9-6+. The molecule has 0 spiro atoms. The van der Waals surface area contributed by atoms with Crippen LogP contribution < -0.4 is 9.62 Å². The van der Waals surface area contributed by atoms with E-state index in [1.807, 2.05) is 6.92 Å². The van der Waals surface area contributed by atoms with Crippen LogP contribution in [0.3, 0.4) is 0 Å². The molecule has 0 unspecified atom stereocenters. The zero-order valence-electron chi connectivity index (χ0n) is 11.4. The Morgan fingerprint density at radius 3 is 2.60 bits per heavy atom. The number of amides is 1. The molecule has 1 fully saturated rings. The summed E-state index contributed by atoms with van der Waals surface area (Å²) in [6, 6.07) is 7.14. The number of hydrogen-bond donors (Lipinski definition) is 1. The number of likely N-dealkylation sites (N-methyl/N-ethyl adjacent to an activating group) is 1. The lowest BCUT2D eigenvalue weighted by molar-refractivity contribution is -0.116. The highest BCUT2D eigenvalue weighted by Gasteiger charge is 2.28. The summed E-state index contributed by atoms with van der Waals surface area (Å²) in [5, 5.41) is 2.67. The molecule has 1 N–H and O–H groups in total. The minimum atomic E-state index is -3.13. The van der Waals surface area contributed by atoms with Gasteiger partial charge in [-0.2, -0.15) is 0 Å². The van der Waals surface area contributed by atoms with Crippen molar-refractivity contribution in [1.29, 1.82) is 0 Å². The monoisotopic (exact) mass is 294 g/mol. The van der Waals surface area contributed by atoms with Crippen LogP contribution in [0, 0.1) is 0 Å². The first kappa shape index (κ1) is 14.6. The first-order valence-electron chi connectivity index (χ1n) is 6.59. The summed E-state index contributed by atoms with van der Waals surface area (Å²) in [6.07, 6.45) is 3.83. The van der Waals surface area contributed by atoms with Crippen LogP contribution in [0.25, 0.3) is 6.08 Å². The summed E-state index contributed by atoms with van der Waals surface area (Å²) >= 11 is 0. The maximum absolute atomic E-state index is 11.8. The van der Waals surface area contributed by atoms with Crippen LogP contribution in [0.15, 0.2) is 30.3 Å². The van der Waals surface area contributed by atoms with E-state index in [9.17, 15) is 13.2 Å². The molecular weight excluding hydrogens is 276 g/mol. The highest BCUT2D eigenvalue weighted by atomic mass is 32.2. The van der Waals surface area contributed by atoms with Gasteiger partial charge in [-0.25, -0.2) is 8.42 Å². The molecule has 0 aromatic heterocycles. The second kappa shape index (κ2) is 6.09. The lowest BCUT2D eigenvalue weighted by Crippen LogP contribution is -2.24. The van der Waals surface area contributed by atoms with E-state index in [1.54, 1.807) is 30.3 Å². The van der Waals surface area contributed by atoms with Crippen molar-refractivity contribution in [3.8, 4) is 0 Å². The number of benzene rings is 1. The fraction of sp³-hybridized carbons (Fsp3) is 0.357. The smallest absolute Gasteiger partial charge is 0.243 e. The van der Waals surface area contributed by atoms with Gasteiger partial charge >= 0.3 is 0 Å². The van der Waals surface area contributed by atoms with Gasteiger partial charge < -0.3 is 5.32 Å². The predicted molar refractivity (Wildman–Crippen MR) is 79.9 cm³/mol. The molecule has 1 aromatic rings. The lowest BCUT2D eigenvalue weighted by Gasteiger charge is -2.16. The molecule has 0 radical (unpaired) electrons. The first-order valence-corrected chi connectivity index (χ1v) is 8.20. The number of anilines is 1. The van der Waals surface area contributed by atoms with Crippen LogP contribution in [-0.2, 0) is 14.8 Å². The zero-order valence-corrected chi connectivity index (χ0v) is 12.2. The molecule has 0 atom stereocenters. The van der Waals surface area contributed by atoms with E-state index < -0.39 is 10.0 Å². The quantitative estimate of drug-likeness (QED) is 0.853. The Morgan fingerprint density at radius 2 is 2.05 bits per heavy atom. The van der Waals surface area contributed by atoms with Crippen molar-refractivity contribution < 1.29 is 13.2 Å². The van der Waals surface area contributed by atoms with Crippen LogP contribution in [0.4, 0.5) is 5.69 Å². The van der Waals surface area contributed by atoms with Crippen molar-refractivity contribution in [3.63, 3.8) is 0 Å². The maximum Gasteiger partial charge on any atom is 0.243 e. The van der Waals surface area contributed by atoms with Gasteiger partial charge in [0.05, 0.1) is 11.4 Å². The number of rotatable bonds is 4. The number of carbonyl (C=O) groups is 1. The number of nitrogens with one attached hydrogen (secondary N) is 1. The minimum Gasteiger partial charge on any atom is -0.353 e. The number of carbonyl (C=O) groups excluding carboxylic acids is 1. The van der Waals surface area contributed by atoms with E-state index in [-0.39, 0.29) is 11.7 Å². The molecule has 6 heteroatoms. The number of nitrogens with zero attached hydrogens (tertiary/aromatic N) is 1. The molecule has 1 heterocycles. The highest BCUT2D eigenvalue weighted by molar-refractivity contribution is 7.93. The van der Waals surface area contributed by atoms with Gasteiger partial charge in [0, 0.05) is 19.2 Å². The van der Waals surface area contributed by atoms with Crippen LogP contribution in [0.1, 0.15) is 18.9 Å². The van der Waals surface area contributed by atoms with Gasteiger partial charge in [0.15, 0.2) is 0 Å². The summed E-state index contributed by atoms with van der Waals surface area (Å²) in [4.78, 5) is 11.3. The molecule has 1 saturated heterocycles. The highest BCUT2D eigenvalue weighted by Crippen LogP contribution is 2.24. The van der Waals surface area contributed by atoms with Crippen molar-refractivity contribution >= 4 is 27.7 Å². The van der Waals surface area contributed by atoms with E-state index in [0.29, 0.717) is 25.2 Å². The molecule has 1 aromatic carbocycles. The summed E-state index contributed by atoms with van der Waals surface area (Å²) in [5.41, 5.74) is 1.54. The lowest BCUT2D eigenvalue weighted by atomic mass is 10.2.